The van der Waals surface area contributed by atoms with Crippen LogP contribution in [0.4, 0.5) is 0 Å². The Kier molecular flexibility index (Phi) is 5.10. The van der Waals surface area contributed by atoms with Crippen molar-refractivity contribution in [1.82, 2.24) is 4.98 Å². The highest BCUT2D eigenvalue weighted by Gasteiger charge is 2.09. The van der Waals surface area contributed by atoms with Crippen molar-refractivity contribution < 1.29 is 9.47 Å². The highest BCUT2D eigenvalue weighted by atomic mass is 35.5. The maximum absolute atomic E-state index is 6.09. The average molecular weight is 311 g/mol. The zero-order valence-corrected chi connectivity index (χ0v) is 12.7. The predicted molar refractivity (Wildman–Crippen MR) is 80.9 cm³/mol. The van der Waals surface area contributed by atoms with E-state index in [1.165, 1.54) is 0 Å². The summed E-state index contributed by atoms with van der Waals surface area (Å²) in [5.41, 5.74) is 1.87. The zero-order chi connectivity index (χ0) is 14.5. The zero-order valence-electron chi connectivity index (χ0n) is 11.2. The number of methoxy groups -OCH3 is 2. The van der Waals surface area contributed by atoms with Crippen LogP contribution >= 0.6 is 23.2 Å². The Labute approximate surface area is 128 Å². The van der Waals surface area contributed by atoms with Crippen LogP contribution in [0.3, 0.4) is 0 Å². The topological polar surface area (TPSA) is 31.4 Å². The lowest BCUT2D eigenvalue weighted by atomic mass is 10.0. The normalized spacial score (nSPS) is 10.4. The Morgan fingerprint density at radius 2 is 1.70 bits per heavy atom. The minimum Gasteiger partial charge on any atom is -0.493 e. The lowest BCUT2D eigenvalue weighted by Gasteiger charge is -2.10. The van der Waals surface area contributed by atoms with Gasteiger partial charge in [0.1, 0.15) is 0 Å². The predicted octanol–water partition coefficient (Wildman–Crippen LogP) is 4.20. The summed E-state index contributed by atoms with van der Waals surface area (Å²) >= 11 is 12.2. The minimum absolute atomic E-state index is 0.564. The molecule has 0 fully saturated rings. The second-order valence-electron chi connectivity index (χ2n) is 4.10. The molecule has 0 unspecified atom stereocenters. The average Bonchev–Trinajstić information content (AvgIpc) is 2.46. The van der Waals surface area contributed by atoms with Gasteiger partial charge in [0, 0.05) is 12.4 Å². The molecule has 1 heterocycles. The first-order chi connectivity index (χ1) is 9.65. The number of ether oxygens (including phenoxy) is 2. The SMILES string of the molecule is COc1ccc([CH]Cc2c(Cl)cncc2Cl)cc1OC. The smallest absolute Gasteiger partial charge is 0.160 e. The summed E-state index contributed by atoms with van der Waals surface area (Å²) in [5.74, 6) is 1.39. The molecule has 0 saturated carbocycles. The number of nitrogens with zero attached hydrogens (tertiary/aromatic N) is 1. The molecule has 105 valence electrons. The molecule has 2 rings (SSSR count). The summed E-state index contributed by atoms with van der Waals surface area (Å²) in [6.07, 6.45) is 5.82. The van der Waals surface area contributed by atoms with Crippen LogP contribution in [-0.4, -0.2) is 19.2 Å². The number of hydrogen-bond donors (Lipinski definition) is 0. The van der Waals surface area contributed by atoms with Crippen molar-refractivity contribution >= 4 is 23.2 Å². The quantitative estimate of drug-likeness (QED) is 0.829. The van der Waals surface area contributed by atoms with Crippen molar-refractivity contribution in [3.63, 3.8) is 0 Å². The van der Waals surface area contributed by atoms with Crippen molar-refractivity contribution in [2.45, 2.75) is 6.42 Å². The van der Waals surface area contributed by atoms with Gasteiger partial charge in [0.25, 0.3) is 0 Å². The summed E-state index contributed by atoms with van der Waals surface area (Å²) in [6.45, 7) is 0. The molecular weight excluding hydrogens is 297 g/mol. The Bertz CT molecular complexity index is 582. The molecule has 3 nitrogen and oxygen atoms in total. The fraction of sp³-hybridized carbons (Fsp3) is 0.200. The van der Waals surface area contributed by atoms with Gasteiger partial charge in [0.05, 0.1) is 24.3 Å². The molecule has 1 aromatic heterocycles. The van der Waals surface area contributed by atoms with Crippen LogP contribution in [-0.2, 0) is 6.42 Å². The second kappa shape index (κ2) is 6.82. The van der Waals surface area contributed by atoms with Crippen LogP contribution in [0.5, 0.6) is 11.5 Å². The number of halogens is 2. The molecule has 2 aromatic rings. The van der Waals surface area contributed by atoms with E-state index in [0.29, 0.717) is 28.0 Å². The molecule has 0 saturated heterocycles. The van der Waals surface area contributed by atoms with Gasteiger partial charge in [0.15, 0.2) is 11.5 Å². The van der Waals surface area contributed by atoms with Gasteiger partial charge in [-0.3, -0.25) is 4.98 Å². The largest absolute Gasteiger partial charge is 0.493 e. The Balaban J connectivity index is 2.15. The summed E-state index contributed by atoms with van der Waals surface area (Å²) in [6, 6.07) is 5.71. The van der Waals surface area contributed by atoms with Gasteiger partial charge in [-0.1, -0.05) is 29.3 Å². The molecule has 0 spiro atoms. The molecule has 20 heavy (non-hydrogen) atoms. The Morgan fingerprint density at radius 3 is 2.30 bits per heavy atom. The number of pyridine rings is 1. The molecule has 0 aliphatic carbocycles. The highest BCUT2D eigenvalue weighted by Crippen LogP contribution is 2.30. The highest BCUT2D eigenvalue weighted by molar-refractivity contribution is 6.35. The Hall–Kier alpha value is -1.45. The molecule has 1 radical (unpaired) electrons. The van der Waals surface area contributed by atoms with E-state index in [1.54, 1.807) is 26.6 Å². The van der Waals surface area contributed by atoms with E-state index in [-0.39, 0.29) is 0 Å². The first kappa shape index (κ1) is 14.9. The minimum atomic E-state index is 0.564. The summed E-state index contributed by atoms with van der Waals surface area (Å²) < 4.78 is 10.5. The van der Waals surface area contributed by atoms with Gasteiger partial charge >= 0.3 is 0 Å². The first-order valence-electron chi connectivity index (χ1n) is 5.98. The van der Waals surface area contributed by atoms with Gasteiger partial charge in [0.2, 0.25) is 0 Å². The third-order valence-electron chi connectivity index (χ3n) is 2.90. The van der Waals surface area contributed by atoms with Crippen molar-refractivity contribution in [2.24, 2.45) is 0 Å². The number of rotatable bonds is 5. The molecule has 0 aliphatic heterocycles. The summed E-state index contributed by atoms with van der Waals surface area (Å²) in [7, 11) is 3.22. The maximum atomic E-state index is 6.09. The van der Waals surface area contributed by atoms with Crippen molar-refractivity contribution in [3.8, 4) is 11.5 Å². The van der Waals surface area contributed by atoms with Crippen LogP contribution in [0.15, 0.2) is 30.6 Å². The van der Waals surface area contributed by atoms with E-state index in [9.17, 15) is 0 Å². The second-order valence-corrected chi connectivity index (χ2v) is 4.92. The van der Waals surface area contributed by atoms with E-state index >= 15 is 0 Å². The Morgan fingerprint density at radius 1 is 1.05 bits per heavy atom. The van der Waals surface area contributed by atoms with E-state index in [4.69, 9.17) is 32.7 Å². The lowest BCUT2D eigenvalue weighted by Crippen LogP contribution is -1.95. The van der Waals surface area contributed by atoms with Gasteiger partial charge in [-0.2, -0.15) is 0 Å². The third-order valence-corrected chi connectivity index (χ3v) is 3.55. The molecule has 0 N–H and O–H groups in total. The molecule has 0 amide bonds. The van der Waals surface area contributed by atoms with Crippen molar-refractivity contribution in [2.75, 3.05) is 14.2 Å². The van der Waals surface area contributed by atoms with Gasteiger partial charge < -0.3 is 9.47 Å². The molecular formula is C15H14Cl2NO2. The fourth-order valence-electron chi connectivity index (χ4n) is 1.83. The van der Waals surface area contributed by atoms with Gasteiger partial charge in [-0.05, 0) is 36.1 Å². The maximum Gasteiger partial charge on any atom is 0.160 e. The third kappa shape index (κ3) is 3.35. The number of hydrogen-bond acceptors (Lipinski definition) is 3. The molecule has 0 bridgehead atoms. The van der Waals surface area contributed by atoms with Crippen LogP contribution in [0.1, 0.15) is 11.1 Å². The van der Waals surface area contributed by atoms with E-state index in [1.807, 2.05) is 24.6 Å². The lowest BCUT2D eigenvalue weighted by molar-refractivity contribution is 0.354. The summed E-state index contributed by atoms with van der Waals surface area (Å²) in [4.78, 5) is 3.94. The van der Waals surface area contributed by atoms with Gasteiger partial charge in [-0.15, -0.1) is 0 Å². The van der Waals surface area contributed by atoms with E-state index in [2.05, 4.69) is 4.98 Å². The van der Waals surface area contributed by atoms with E-state index < -0.39 is 0 Å². The van der Waals surface area contributed by atoms with Crippen molar-refractivity contribution in [3.05, 3.63) is 58.2 Å². The van der Waals surface area contributed by atoms with Crippen molar-refractivity contribution in [1.29, 1.82) is 0 Å². The summed E-state index contributed by atoms with van der Waals surface area (Å²) in [5, 5.41) is 1.13. The number of aromatic nitrogens is 1. The first-order valence-corrected chi connectivity index (χ1v) is 6.74. The molecule has 0 atom stereocenters. The van der Waals surface area contributed by atoms with Crippen LogP contribution in [0, 0.1) is 6.42 Å². The van der Waals surface area contributed by atoms with Crippen LogP contribution < -0.4 is 9.47 Å². The van der Waals surface area contributed by atoms with Crippen LogP contribution in [0.2, 0.25) is 10.0 Å². The van der Waals surface area contributed by atoms with Gasteiger partial charge in [-0.25, -0.2) is 0 Å². The standard InChI is InChI=1S/C15H14Cl2NO2/c1-19-14-6-4-10(7-15(14)20-2)3-5-11-12(16)8-18-9-13(11)17/h3-4,6-9H,5H2,1-2H3. The monoisotopic (exact) mass is 310 g/mol. The van der Waals surface area contributed by atoms with Crippen LogP contribution in [0.25, 0.3) is 0 Å². The fourth-order valence-corrected chi connectivity index (χ4v) is 2.35. The van der Waals surface area contributed by atoms with E-state index in [0.717, 1.165) is 11.1 Å². The molecule has 1 aromatic carbocycles. The number of benzene rings is 1. The molecule has 5 heteroatoms. The molecule has 0 aliphatic rings.